The summed E-state index contributed by atoms with van der Waals surface area (Å²) in [6.45, 7) is 2.02. The van der Waals surface area contributed by atoms with Crippen LogP contribution in [0.4, 0.5) is 4.79 Å². The highest BCUT2D eigenvalue weighted by Crippen LogP contribution is 2.23. The van der Waals surface area contributed by atoms with Crippen molar-refractivity contribution in [2.24, 2.45) is 0 Å². The number of benzene rings is 1. The first kappa shape index (κ1) is 18.7. The van der Waals surface area contributed by atoms with Crippen molar-refractivity contribution >= 4 is 17.6 Å². The predicted octanol–water partition coefficient (Wildman–Crippen LogP) is 3.83. The maximum absolute atomic E-state index is 12.3. The first-order chi connectivity index (χ1) is 12.6. The Morgan fingerprint density at radius 3 is 2.96 bits per heavy atom. The number of hydrogen-bond acceptors (Lipinski definition) is 3. The van der Waals surface area contributed by atoms with Gasteiger partial charge in [0.2, 0.25) is 0 Å². The molecule has 2 amide bonds. The number of amides is 2. The van der Waals surface area contributed by atoms with Crippen LogP contribution in [0.3, 0.4) is 0 Å². The van der Waals surface area contributed by atoms with Gasteiger partial charge in [0.1, 0.15) is 0 Å². The Bertz CT molecular complexity index is 711. The van der Waals surface area contributed by atoms with E-state index in [1.807, 2.05) is 31.3 Å². The van der Waals surface area contributed by atoms with Crippen molar-refractivity contribution in [3.05, 3.63) is 41.0 Å². The first-order valence-corrected chi connectivity index (χ1v) is 9.40. The van der Waals surface area contributed by atoms with Crippen molar-refractivity contribution in [2.45, 2.75) is 38.3 Å². The number of ether oxygens (including phenoxy) is 1. The molecule has 1 aliphatic rings. The van der Waals surface area contributed by atoms with Crippen LogP contribution in [-0.2, 0) is 11.3 Å². The monoisotopic (exact) mass is 376 g/mol. The lowest BCUT2D eigenvalue weighted by atomic mass is 10.1. The van der Waals surface area contributed by atoms with Gasteiger partial charge in [-0.1, -0.05) is 23.7 Å². The van der Waals surface area contributed by atoms with Crippen molar-refractivity contribution in [3.63, 3.8) is 0 Å². The van der Waals surface area contributed by atoms with E-state index >= 15 is 0 Å². The fourth-order valence-electron chi connectivity index (χ4n) is 3.15. The molecular weight excluding hydrogens is 352 g/mol. The van der Waals surface area contributed by atoms with Crippen molar-refractivity contribution in [1.82, 2.24) is 20.4 Å². The number of aromatic nitrogens is 2. The lowest BCUT2D eigenvalue weighted by molar-refractivity contribution is 0.100. The molecule has 2 heterocycles. The van der Waals surface area contributed by atoms with E-state index in [1.165, 1.54) is 0 Å². The molecule has 1 fully saturated rings. The van der Waals surface area contributed by atoms with Crippen molar-refractivity contribution in [2.75, 3.05) is 20.2 Å². The quantitative estimate of drug-likeness (QED) is 0.771. The van der Waals surface area contributed by atoms with E-state index in [4.69, 9.17) is 16.3 Å². The minimum Gasteiger partial charge on any atom is -0.378 e. The summed E-state index contributed by atoms with van der Waals surface area (Å²) in [6.07, 6.45) is 6.38. The minimum absolute atomic E-state index is 0.0828. The average molecular weight is 377 g/mol. The fourth-order valence-corrected chi connectivity index (χ4v) is 3.27. The van der Waals surface area contributed by atoms with Gasteiger partial charge in [-0.2, -0.15) is 5.10 Å². The van der Waals surface area contributed by atoms with Crippen LogP contribution in [0.5, 0.6) is 0 Å². The Balaban J connectivity index is 1.47. The number of urea groups is 1. The molecule has 0 saturated carbocycles. The van der Waals surface area contributed by atoms with E-state index in [2.05, 4.69) is 15.5 Å². The van der Waals surface area contributed by atoms with E-state index in [-0.39, 0.29) is 6.03 Å². The van der Waals surface area contributed by atoms with Gasteiger partial charge in [-0.15, -0.1) is 0 Å². The second-order valence-electron chi connectivity index (χ2n) is 6.63. The molecule has 1 saturated heterocycles. The molecule has 0 radical (unpaired) electrons. The first-order valence-electron chi connectivity index (χ1n) is 9.02. The predicted molar refractivity (Wildman–Crippen MR) is 102 cm³/mol. The Hall–Kier alpha value is -2.05. The highest BCUT2D eigenvalue weighted by Gasteiger charge is 2.16. The maximum atomic E-state index is 12.3. The van der Waals surface area contributed by atoms with Gasteiger partial charge in [0.25, 0.3) is 0 Å². The number of H-pyrrole nitrogens is 1. The number of halogens is 1. The zero-order chi connectivity index (χ0) is 18.4. The molecule has 0 unspecified atom stereocenters. The molecule has 2 aromatic rings. The third-order valence-electron chi connectivity index (χ3n) is 4.67. The van der Waals surface area contributed by atoms with Gasteiger partial charge in [0.15, 0.2) is 0 Å². The molecule has 140 valence electrons. The van der Waals surface area contributed by atoms with Crippen LogP contribution in [0, 0.1) is 0 Å². The smallest absolute Gasteiger partial charge is 0.317 e. The Labute approximate surface area is 158 Å². The van der Waals surface area contributed by atoms with Gasteiger partial charge in [0, 0.05) is 37.3 Å². The van der Waals surface area contributed by atoms with Crippen LogP contribution >= 0.6 is 11.6 Å². The summed E-state index contributed by atoms with van der Waals surface area (Å²) in [7, 11) is 1.82. The van der Waals surface area contributed by atoms with Crippen molar-refractivity contribution in [1.29, 1.82) is 0 Å². The van der Waals surface area contributed by atoms with Crippen LogP contribution in [0.2, 0.25) is 5.02 Å². The van der Waals surface area contributed by atoms with Gasteiger partial charge in [-0.25, -0.2) is 4.79 Å². The van der Waals surface area contributed by atoms with Gasteiger partial charge in [0.05, 0.1) is 18.0 Å². The second-order valence-corrected chi connectivity index (χ2v) is 7.07. The maximum Gasteiger partial charge on any atom is 0.317 e. The summed E-state index contributed by atoms with van der Waals surface area (Å²) in [4.78, 5) is 14.0. The minimum atomic E-state index is -0.0828. The van der Waals surface area contributed by atoms with Crippen LogP contribution in [0.25, 0.3) is 11.3 Å². The number of rotatable bonds is 7. The second kappa shape index (κ2) is 9.05. The molecule has 6 nitrogen and oxygen atoms in total. The van der Waals surface area contributed by atoms with E-state index in [0.717, 1.165) is 55.7 Å². The average Bonchev–Trinajstić information content (AvgIpc) is 3.32. The molecule has 0 bridgehead atoms. The number of hydrogen-bond donors (Lipinski definition) is 2. The molecule has 26 heavy (non-hydrogen) atoms. The molecular formula is C19H25ClN4O2. The summed E-state index contributed by atoms with van der Waals surface area (Å²) in [6, 6.07) is 7.45. The fraction of sp³-hybridized carbons (Fsp3) is 0.474. The van der Waals surface area contributed by atoms with Gasteiger partial charge in [-0.05, 0) is 43.4 Å². The van der Waals surface area contributed by atoms with Crippen LogP contribution in [0.15, 0.2) is 30.5 Å². The Morgan fingerprint density at radius 1 is 1.42 bits per heavy atom. The number of nitrogens with one attached hydrogen (secondary N) is 2. The van der Waals surface area contributed by atoms with E-state index in [1.54, 1.807) is 11.1 Å². The van der Waals surface area contributed by atoms with Crippen molar-refractivity contribution < 1.29 is 9.53 Å². The lowest BCUT2D eigenvalue weighted by Crippen LogP contribution is -2.37. The number of aromatic amines is 1. The molecule has 3 rings (SSSR count). The SMILES string of the molecule is CN(CCC[C@H]1CCCO1)C(=O)NCc1cn[nH]c1-c1ccc(Cl)cc1. The summed E-state index contributed by atoms with van der Waals surface area (Å²) >= 11 is 5.94. The zero-order valence-electron chi connectivity index (χ0n) is 15.0. The summed E-state index contributed by atoms with van der Waals surface area (Å²) in [5.41, 5.74) is 2.82. The lowest BCUT2D eigenvalue weighted by Gasteiger charge is -2.19. The molecule has 2 N–H and O–H groups in total. The Kier molecular flexibility index (Phi) is 6.52. The summed E-state index contributed by atoms with van der Waals surface area (Å²) in [5, 5.41) is 10.7. The van der Waals surface area contributed by atoms with Crippen LogP contribution < -0.4 is 5.32 Å². The van der Waals surface area contributed by atoms with Crippen molar-refractivity contribution in [3.8, 4) is 11.3 Å². The summed E-state index contributed by atoms with van der Waals surface area (Å²) in [5.74, 6) is 0. The van der Waals surface area contributed by atoms with E-state index in [0.29, 0.717) is 17.7 Å². The van der Waals surface area contributed by atoms with Gasteiger partial charge in [-0.3, -0.25) is 5.10 Å². The molecule has 0 spiro atoms. The molecule has 1 aromatic heterocycles. The third-order valence-corrected chi connectivity index (χ3v) is 4.92. The van der Waals surface area contributed by atoms with Crippen LogP contribution in [0.1, 0.15) is 31.2 Å². The van der Waals surface area contributed by atoms with E-state index in [9.17, 15) is 4.79 Å². The topological polar surface area (TPSA) is 70.2 Å². The number of carbonyl (C=O) groups is 1. The van der Waals surface area contributed by atoms with Crippen LogP contribution in [-0.4, -0.2) is 47.4 Å². The molecule has 0 aliphatic carbocycles. The normalized spacial score (nSPS) is 16.6. The summed E-state index contributed by atoms with van der Waals surface area (Å²) < 4.78 is 5.62. The third kappa shape index (κ3) is 4.99. The molecule has 1 aromatic carbocycles. The number of nitrogens with zero attached hydrogens (tertiary/aromatic N) is 2. The van der Waals surface area contributed by atoms with E-state index < -0.39 is 0 Å². The zero-order valence-corrected chi connectivity index (χ0v) is 15.8. The molecule has 1 aliphatic heterocycles. The molecule has 7 heteroatoms. The standard InChI is InChI=1S/C19H25ClN4O2/c1-24(10-2-4-17-5-3-11-26-17)19(25)21-12-15-13-22-23-18(15)14-6-8-16(20)9-7-14/h6-9,13,17H,2-5,10-12H2,1H3,(H,21,25)(H,22,23)/t17-/m0/s1. The van der Waals surface area contributed by atoms with Gasteiger partial charge >= 0.3 is 6.03 Å². The number of carbonyl (C=O) groups excluding carboxylic acids is 1. The molecule has 1 atom stereocenters. The Morgan fingerprint density at radius 2 is 2.23 bits per heavy atom. The largest absolute Gasteiger partial charge is 0.378 e. The van der Waals surface area contributed by atoms with Gasteiger partial charge < -0.3 is 15.0 Å². The highest BCUT2D eigenvalue weighted by molar-refractivity contribution is 6.30. The highest BCUT2D eigenvalue weighted by atomic mass is 35.5.